The minimum atomic E-state index is -0.406. The van der Waals surface area contributed by atoms with Crippen molar-refractivity contribution < 1.29 is 9.18 Å². The Kier molecular flexibility index (Phi) is 6.61. The Morgan fingerprint density at radius 3 is 2.63 bits per heavy atom. The third-order valence-electron chi connectivity index (χ3n) is 5.98. The number of nitrogens with two attached hydrogens (primary N) is 1. The van der Waals surface area contributed by atoms with Crippen LogP contribution in [0.1, 0.15) is 40.0 Å². The maximum atomic E-state index is 13.3. The van der Waals surface area contributed by atoms with Crippen LogP contribution in [0.4, 0.5) is 16.0 Å². The summed E-state index contributed by atoms with van der Waals surface area (Å²) < 4.78 is 13.3. The van der Waals surface area contributed by atoms with Crippen LogP contribution in [-0.2, 0) is 6.54 Å². The van der Waals surface area contributed by atoms with Crippen molar-refractivity contribution in [1.82, 2.24) is 30.5 Å². The molecule has 1 amide bonds. The predicted molar refractivity (Wildman–Crippen MR) is 140 cm³/mol. The summed E-state index contributed by atoms with van der Waals surface area (Å²) in [5.41, 5.74) is 10.5. The van der Waals surface area contributed by atoms with E-state index in [2.05, 4.69) is 35.8 Å². The Hall–Kier alpha value is -5.37. The lowest BCUT2D eigenvalue weighted by Gasteiger charge is -2.16. The molecular weight excluding hydrogens is 485 g/mol. The molecule has 0 aliphatic rings. The number of amides is 1. The summed E-state index contributed by atoms with van der Waals surface area (Å²) in [5, 5.41) is 22.0. The third kappa shape index (κ3) is 5.10. The molecule has 10 nitrogen and oxygen atoms in total. The van der Waals surface area contributed by atoms with Gasteiger partial charge in [-0.1, -0.05) is 36.4 Å². The van der Waals surface area contributed by atoms with Gasteiger partial charge in [-0.25, -0.2) is 19.3 Å². The van der Waals surface area contributed by atoms with E-state index in [0.29, 0.717) is 35.0 Å². The number of hydrogen-bond acceptors (Lipinski definition) is 8. The summed E-state index contributed by atoms with van der Waals surface area (Å²) >= 11 is 0. The molecule has 188 valence electrons. The average molecular weight is 508 g/mol. The Balaban J connectivity index is 1.30. The standard InChI is InChI=1S/C27H22FN9O/c1-15(18-6-8-20(28)9-7-18)34-27(38)21-10-17(11-29)13-32-25(21)31-12-16-2-4-19(5-3-16)22-14-33-26-23(35-22)24(30)36-37-26/h2-10,13-15H,12H2,1H3,(H,31,32)(H,34,38)(H3,30,33,36,37). The highest BCUT2D eigenvalue weighted by Gasteiger charge is 2.17. The molecule has 5 N–H and O–H groups in total. The number of nitrogens with zero attached hydrogens (tertiary/aromatic N) is 5. The molecule has 2 aromatic carbocycles. The van der Waals surface area contributed by atoms with E-state index in [9.17, 15) is 14.4 Å². The van der Waals surface area contributed by atoms with Gasteiger partial charge in [0, 0.05) is 18.3 Å². The van der Waals surface area contributed by atoms with Crippen molar-refractivity contribution in [3.05, 3.63) is 95.1 Å². The van der Waals surface area contributed by atoms with Gasteiger partial charge in [0.25, 0.3) is 5.91 Å². The number of anilines is 2. The summed E-state index contributed by atoms with van der Waals surface area (Å²) in [5.74, 6) is -0.0632. The minimum Gasteiger partial charge on any atom is -0.382 e. The first-order valence-electron chi connectivity index (χ1n) is 11.7. The van der Waals surface area contributed by atoms with Crippen LogP contribution in [0.5, 0.6) is 0 Å². The first-order valence-corrected chi connectivity index (χ1v) is 11.7. The number of carbonyl (C=O) groups excluding carboxylic acids is 1. The lowest BCUT2D eigenvalue weighted by Crippen LogP contribution is -2.28. The number of H-pyrrole nitrogens is 1. The summed E-state index contributed by atoms with van der Waals surface area (Å²) in [4.78, 5) is 26.2. The van der Waals surface area contributed by atoms with Crippen LogP contribution in [0.15, 0.2) is 67.0 Å². The molecule has 5 aromatic rings. The monoisotopic (exact) mass is 507 g/mol. The fourth-order valence-corrected chi connectivity index (χ4v) is 3.88. The average Bonchev–Trinajstić information content (AvgIpc) is 3.32. The van der Waals surface area contributed by atoms with Crippen molar-refractivity contribution in [3.8, 4) is 17.3 Å². The van der Waals surface area contributed by atoms with Crippen LogP contribution in [0, 0.1) is 17.1 Å². The Morgan fingerprint density at radius 1 is 1.13 bits per heavy atom. The van der Waals surface area contributed by atoms with Crippen molar-refractivity contribution in [2.24, 2.45) is 0 Å². The van der Waals surface area contributed by atoms with Crippen LogP contribution < -0.4 is 16.4 Å². The smallest absolute Gasteiger partial charge is 0.255 e. The summed E-state index contributed by atoms with van der Waals surface area (Å²) in [7, 11) is 0. The van der Waals surface area contributed by atoms with Crippen molar-refractivity contribution in [1.29, 1.82) is 5.26 Å². The van der Waals surface area contributed by atoms with Crippen molar-refractivity contribution in [2.75, 3.05) is 11.1 Å². The van der Waals surface area contributed by atoms with Crippen LogP contribution in [-0.4, -0.2) is 31.1 Å². The molecular formula is C27H22FN9O. The van der Waals surface area contributed by atoms with Gasteiger partial charge in [-0.05, 0) is 36.2 Å². The van der Waals surface area contributed by atoms with E-state index in [1.165, 1.54) is 24.4 Å². The second-order valence-corrected chi connectivity index (χ2v) is 8.59. The zero-order valence-electron chi connectivity index (χ0n) is 20.2. The van der Waals surface area contributed by atoms with Crippen LogP contribution >= 0.6 is 0 Å². The van der Waals surface area contributed by atoms with Gasteiger partial charge in [0.15, 0.2) is 5.52 Å². The molecule has 1 atom stereocenters. The SMILES string of the molecule is CC(NC(=O)c1cc(C#N)cnc1NCc1ccc(-c2cnc3n[nH]c(N)c3n2)cc1)c1ccc(F)cc1. The van der Waals surface area contributed by atoms with Crippen molar-refractivity contribution in [2.45, 2.75) is 19.5 Å². The normalized spacial score (nSPS) is 11.6. The number of aromatic nitrogens is 5. The van der Waals surface area contributed by atoms with Gasteiger partial charge in [0.05, 0.1) is 29.1 Å². The van der Waals surface area contributed by atoms with E-state index in [0.717, 1.165) is 16.7 Å². The number of nitrogen functional groups attached to an aromatic ring is 1. The van der Waals surface area contributed by atoms with Gasteiger partial charge >= 0.3 is 0 Å². The molecule has 0 fully saturated rings. The molecule has 0 aliphatic carbocycles. The summed E-state index contributed by atoms with van der Waals surface area (Å²) in [6.45, 7) is 2.18. The molecule has 3 aromatic heterocycles. The quantitative estimate of drug-likeness (QED) is 0.256. The zero-order valence-corrected chi connectivity index (χ0v) is 20.2. The Morgan fingerprint density at radius 2 is 1.89 bits per heavy atom. The second kappa shape index (κ2) is 10.3. The summed E-state index contributed by atoms with van der Waals surface area (Å²) in [6, 6.07) is 16.7. The van der Waals surface area contributed by atoms with Crippen LogP contribution in [0.25, 0.3) is 22.4 Å². The Labute approximate surface area is 216 Å². The Bertz CT molecular complexity index is 1660. The number of hydrogen-bond donors (Lipinski definition) is 4. The first-order chi connectivity index (χ1) is 18.4. The number of carbonyl (C=O) groups is 1. The molecule has 0 saturated heterocycles. The number of nitriles is 1. The van der Waals surface area contributed by atoms with E-state index in [1.54, 1.807) is 25.3 Å². The van der Waals surface area contributed by atoms with Crippen molar-refractivity contribution >= 4 is 28.7 Å². The number of halogens is 1. The minimum absolute atomic E-state index is 0.232. The van der Waals surface area contributed by atoms with E-state index >= 15 is 0 Å². The van der Waals surface area contributed by atoms with Gasteiger partial charge in [-0.3, -0.25) is 9.89 Å². The molecule has 5 rings (SSSR count). The number of pyridine rings is 1. The largest absolute Gasteiger partial charge is 0.382 e. The number of rotatable bonds is 7. The zero-order chi connectivity index (χ0) is 26.6. The van der Waals surface area contributed by atoms with Gasteiger partial charge in [0.2, 0.25) is 5.65 Å². The van der Waals surface area contributed by atoms with Gasteiger partial charge in [0.1, 0.15) is 23.5 Å². The van der Waals surface area contributed by atoms with Gasteiger partial charge in [-0.15, -0.1) is 0 Å². The number of fused-ring (bicyclic) bond motifs is 1. The fourth-order valence-electron chi connectivity index (χ4n) is 3.88. The van der Waals surface area contributed by atoms with Crippen molar-refractivity contribution in [3.63, 3.8) is 0 Å². The molecule has 1 unspecified atom stereocenters. The molecule has 0 aliphatic heterocycles. The van der Waals surface area contributed by atoms with E-state index < -0.39 is 5.91 Å². The second-order valence-electron chi connectivity index (χ2n) is 8.59. The first kappa shape index (κ1) is 24.3. The topological polar surface area (TPSA) is 158 Å². The van der Waals surface area contributed by atoms with Crippen LogP contribution in [0.3, 0.4) is 0 Å². The highest BCUT2D eigenvalue weighted by atomic mass is 19.1. The molecule has 11 heteroatoms. The third-order valence-corrected chi connectivity index (χ3v) is 5.98. The maximum absolute atomic E-state index is 13.3. The molecule has 38 heavy (non-hydrogen) atoms. The molecule has 0 saturated carbocycles. The van der Waals surface area contributed by atoms with E-state index in [-0.39, 0.29) is 23.0 Å². The number of nitrogens with one attached hydrogen (secondary N) is 3. The van der Waals surface area contributed by atoms with E-state index in [1.807, 2.05) is 30.3 Å². The van der Waals surface area contributed by atoms with Crippen LogP contribution in [0.2, 0.25) is 0 Å². The van der Waals surface area contributed by atoms with Gasteiger partial charge < -0.3 is 16.4 Å². The number of benzene rings is 2. The lowest BCUT2D eigenvalue weighted by molar-refractivity contribution is 0.0940. The highest BCUT2D eigenvalue weighted by molar-refractivity contribution is 5.99. The lowest BCUT2D eigenvalue weighted by atomic mass is 10.1. The molecule has 0 bridgehead atoms. The molecule has 3 heterocycles. The van der Waals surface area contributed by atoms with Gasteiger partial charge in [-0.2, -0.15) is 10.4 Å². The fraction of sp³-hybridized carbons (Fsp3) is 0.111. The predicted octanol–water partition coefficient (Wildman–Crippen LogP) is 4.11. The maximum Gasteiger partial charge on any atom is 0.255 e. The summed E-state index contributed by atoms with van der Waals surface area (Å²) in [6.07, 6.45) is 3.04. The van der Waals surface area contributed by atoms with E-state index in [4.69, 9.17) is 5.73 Å². The number of aromatic amines is 1. The molecule has 0 radical (unpaired) electrons. The molecule has 0 spiro atoms. The highest BCUT2D eigenvalue weighted by Crippen LogP contribution is 2.22.